The largest absolute Gasteiger partial charge is 0.349 e. The van der Waals surface area contributed by atoms with Crippen LogP contribution < -0.4 is 15.4 Å². The van der Waals surface area contributed by atoms with Crippen LogP contribution in [0, 0.1) is 11.7 Å². The van der Waals surface area contributed by atoms with Crippen molar-refractivity contribution in [1.82, 2.24) is 25.3 Å². The number of nitrogens with one attached hydrogen (secondary N) is 3. The Bertz CT molecular complexity index is 1150. The number of carbonyl (C=O) groups excluding carboxylic acids is 3. The number of hydrogen-bond donors (Lipinski definition) is 3. The summed E-state index contributed by atoms with van der Waals surface area (Å²) in [5.74, 6) is -3.39. The lowest BCUT2D eigenvalue weighted by Crippen LogP contribution is -2.56. The highest BCUT2D eigenvalue weighted by Crippen LogP contribution is 2.13. The Morgan fingerprint density at radius 2 is 1.88 bits per heavy atom. The second-order valence-electron chi connectivity index (χ2n) is 7.90. The van der Waals surface area contributed by atoms with Crippen molar-refractivity contribution in [3.8, 4) is 0 Å². The molecule has 10 nitrogen and oxygen atoms in total. The maximum Gasteiger partial charge on any atom is 0.289 e. The van der Waals surface area contributed by atoms with Crippen molar-refractivity contribution in [3.05, 3.63) is 53.9 Å². The van der Waals surface area contributed by atoms with Crippen LogP contribution in [0.2, 0.25) is 0 Å². The first-order valence-electron chi connectivity index (χ1n) is 10.3. The molecule has 0 radical (unpaired) electrons. The molecular formula is C21H24FN5O5S. The van der Waals surface area contributed by atoms with E-state index in [-0.39, 0.29) is 23.7 Å². The molecular weight excluding hydrogens is 453 g/mol. The predicted molar refractivity (Wildman–Crippen MR) is 115 cm³/mol. The number of halogens is 1. The van der Waals surface area contributed by atoms with Crippen LogP contribution in [0.15, 0.2) is 41.4 Å². The standard InChI is InChI=1S/C21H24FN5O5S/c1-12(2)18(27-33(31,32)15-5-3-13(22)4-6-15)20(29)26-16-11-17-23-9-7-14(25-17)8-10-24-21(30)19(16)28/h3-7,9,12,16,18,27H,8,10-11H2,1-2H3,(H,24,30)(H,26,29). The number of sulfonamides is 1. The lowest BCUT2D eigenvalue weighted by molar-refractivity contribution is -0.140. The summed E-state index contributed by atoms with van der Waals surface area (Å²) >= 11 is 0. The average molecular weight is 478 g/mol. The van der Waals surface area contributed by atoms with E-state index in [0.717, 1.165) is 24.3 Å². The van der Waals surface area contributed by atoms with Gasteiger partial charge >= 0.3 is 0 Å². The molecule has 2 unspecified atom stereocenters. The molecule has 1 aromatic heterocycles. The molecule has 2 aromatic rings. The van der Waals surface area contributed by atoms with Crippen molar-refractivity contribution in [2.24, 2.45) is 5.92 Å². The second kappa shape index (κ2) is 10.1. The van der Waals surface area contributed by atoms with Gasteiger partial charge < -0.3 is 10.6 Å². The Morgan fingerprint density at radius 1 is 1.18 bits per heavy atom. The van der Waals surface area contributed by atoms with Crippen LogP contribution in [0.25, 0.3) is 0 Å². The Hall–Kier alpha value is -3.25. The lowest BCUT2D eigenvalue weighted by atomic mass is 10.0. The maximum atomic E-state index is 13.2. The number of rotatable bonds is 6. The van der Waals surface area contributed by atoms with E-state index < -0.39 is 51.4 Å². The van der Waals surface area contributed by atoms with Crippen LogP contribution in [0.5, 0.6) is 0 Å². The molecule has 2 atom stereocenters. The summed E-state index contributed by atoms with van der Waals surface area (Å²) in [7, 11) is -4.17. The first-order chi connectivity index (χ1) is 15.6. The first kappa shape index (κ1) is 24.4. The summed E-state index contributed by atoms with van der Waals surface area (Å²) in [4.78, 5) is 46.1. The van der Waals surface area contributed by atoms with Gasteiger partial charge in [-0.15, -0.1) is 0 Å². The molecule has 12 heteroatoms. The third kappa shape index (κ3) is 6.17. The van der Waals surface area contributed by atoms with Crippen LogP contribution in [-0.4, -0.2) is 54.6 Å². The molecule has 1 aromatic carbocycles. The molecule has 0 saturated heterocycles. The Labute approximate surface area is 190 Å². The fraction of sp³-hybridized carbons (Fsp3) is 0.381. The minimum absolute atomic E-state index is 0.138. The highest BCUT2D eigenvalue weighted by Gasteiger charge is 2.34. The van der Waals surface area contributed by atoms with E-state index in [0.29, 0.717) is 12.1 Å². The van der Waals surface area contributed by atoms with E-state index >= 15 is 0 Å². The molecule has 0 saturated carbocycles. The van der Waals surface area contributed by atoms with Gasteiger partial charge in [0.05, 0.1) is 4.90 Å². The summed E-state index contributed by atoms with van der Waals surface area (Å²) in [5.41, 5.74) is 0.673. The fourth-order valence-corrected chi connectivity index (χ4v) is 4.57. The van der Waals surface area contributed by atoms with Crippen LogP contribution in [0.1, 0.15) is 25.4 Å². The van der Waals surface area contributed by atoms with Gasteiger partial charge in [-0.1, -0.05) is 13.8 Å². The second-order valence-corrected chi connectivity index (χ2v) is 9.61. The minimum atomic E-state index is -4.17. The molecule has 3 rings (SSSR count). The Morgan fingerprint density at radius 3 is 2.55 bits per heavy atom. The van der Waals surface area contributed by atoms with E-state index in [1.54, 1.807) is 19.9 Å². The minimum Gasteiger partial charge on any atom is -0.349 e. The average Bonchev–Trinajstić information content (AvgIpc) is 2.76. The molecule has 3 N–H and O–H groups in total. The van der Waals surface area contributed by atoms with Gasteiger partial charge in [0.25, 0.3) is 5.91 Å². The molecule has 2 heterocycles. The molecule has 1 aliphatic rings. The van der Waals surface area contributed by atoms with Crippen LogP contribution in [0.3, 0.4) is 0 Å². The number of nitrogens with zero attached hydrogens (tertiary/aromatic N) is 2. The number of carbonyl (C=O) groups is 3. The first-order valence-corrected chi connectivity index (χ1v) is 11.8. The van der Waals surface area contributed by atoms with Crippen molar-refractivity contribution in [2.45, 2.75) is 43.7 Å². The van der Waals surface area contributed by atoms with Gasteiger partial charge in [-0.25, -0.2) is 22.8 Å². The normalized spacial score (nSPS) is 17.9. The third-order valence-corrected chi connectivity index (χ3v) is 6.49. The van der Waals surface area contributed by atoms with Crippen molar-refractivity contribution in [2.75, 3.05) is 6.54 Å². The Balaban J connectivity index is 1.83. The lowest BCUT2D eigenvalue weighted by Gasteiger charge is -2.25. The zero-order valence-electron chi connectivity index (χ0n) is 18.0. The molecule has 0 spiro atoms. The van der Waals surface area contributed by atoms with Crippen LogP contribution >= 0.6 is 0 Å². The SMILES string of the molecule is CC(C)C(NS(=O)(=O)c1ccc(F)cc1)C(=O)NC1Cc2nccc(n2)CCNC(=O)C1=O. The van der Waals surface area contributed by atoms with Gasteiger partial charge in [0, 0.05) is 31.3 Å². The van der Waals surface area contributed by atoms with Crippen LogP contribution in [-0.2, 0) is 37.2 Å². The third-order valence-electron chi connectivity index (χ3n) is 5.03. The highest BCUT2D eigenvalue weighted by atomic mass is 32.2. The van der Waals surface area contributed by atoms with Crippen molar-refractivity contribution < 1.29 is 27.2 Å². The summed E-state index contributed by atoms with van der Waals surface area (Å²) in [6, 6.07) is 3.26. The van der Waals surface area contributed by atoms with E-state index in [1.165, 1.54) is 6.20 Å². The van der Waals surface area contributed by atoms with Gasteiger partial charge in [-0.3, -0.25) is 14.4 Å². The molecule has 0 fully saturated rings. The molecule has 0 aliphatic carbocycles. The number of ketones is 1. The maximum absolute atomic E-state index is 13.2. The van der Waals surface area contributed by atoms with E-state index in [4.69, 9.17) is 0 Å². The Kier molecular flexibility index (Phi) is 7.49. The van der Waals surface area contributed by atoms with Crippen molar-refractivity contribution >= 4 is 27.6 Å². The molecule has 2 amide bonds. The number of amides is 2. The van der Waals surface area contributed by atoms with E-state index in [1.807, 2.05) is 0 Å². The van der Waals surface area contributed by atoms with Gasteiger partial charge in [-0.05, 0) is 36.2 Å². The summed E-state index contributed by atoms with van der Waals surface area (Å²) < 4.78 is 40.9. The van der Waals surface area contributed by atoms with Crippen molar-refractivity contribution in [1.29, 1.82) is 0 Å². The van der Waals surface area contributed by atoms with Crippen molar-refractivity contribution in [3.63, 3.8) is 0 Å². The summed E-state index contributed by atoms with van der Waals surface area (Å²) in [6.45, 7) is 3.42. The highest BCUT2D eigenvalue weighted by molar-refractivity contribution is 7.89. The fourth-order valence-electron chi connectivity index (χ4n) is 3.22. The van der Waals surface area contributed by atoms with E-state index in [9.17, 15) is 27.2 Å². The molecule has 33 heavy (non-hydrogen) atoms. The molecule has 176 valence electrons. The van der Waals surface area contributed by atoms with Gasteiger partial charge in [0.15, 0.2) is 0 Å². The van der Waals surface area contributed by atoms with Gasteiger partial charge in [0.2, 0.25) is 21.7 Å². The zero-order valence-corrected chi connectivity index (χ0v) is 18.9. The van der Waals surface area contributed by atoms with Gasteiger partial charge in [0.1, 0.15) is 23.7 Å². The zero-order chi connectivity index (χ0) is 24.2. The molecule has 1 aliphatic heterocycles. The number of benzene rings is 1. The predicted octanol–water partition coefficient (Wildman–Crippen LogP) is -0.112. The van der Waals surface area contributed by atoms with E-state index in [2.05, 4.69) is 25.3 Å². The monoisotopic (exact) mass is 477 g/mol. The topological polar surface area (TPSA) is 147 Å². The number of aromatic nitrogens is 2. The number of fused-ring (bicyclic) bond motifs is 2. The smallest absolute Gasteiger partial charge is 0.289 e. The van der Waals surface area contributed by atoms with Gasteiger partial charge in [-0.2, -0.15) is 4.72 Å². The summed E-state index contributed by atoms with van der Waals surface area (Å²) in [6.07, 6.45) is 1.81. The molecule has 2 bridgehead atoms. The van der Waals surface area contributed by atoms with Crippen LogP contribution in [0.4, 0.5) is 4.39 Å². The quantitative estimate of drug-likeness (QED) is 0.492. The summed E-state index contributed by atoms with van der Waals surface area (Å²) in [5, 5.41) is 4.96. The number of hydrogen-bond acceptors (Lipinski definition) is 7. The number of Topliss-reactive ketones (excluding diaryl/α,β-unsaturated/α-hetero) is 1.